The molecule has 0 aliphatic heterocycles. The first-order valence-corrected chi connectivity index (χ1v) is 5.53. The van der Waals surface area contributed by atoms with Crippen molar-refractivity contribution in [2.24, 2.45) is 0 Å². The van der Waals surface area contributed by atoms with E-state index in [1.54, 1.807) is 24.3 Å². The van der Waals surface area contributed by atoms with Gasteiger partial charge in [0.05, 0.1) is 0 Å². The number of benzene rings is 2. The molecule has 0 saturated heterocycles. The highest BCUT2D eigenvalue weighted by atomic mass is 16.6. The second-order valence-corrected chi connectivity index (χ2v) is 3.69. The van der Waals surface area contributed by atoms with Crippen LogP contribution in [-0.2, 0) is 6.61 Å². The Hall–Kier alpha value is -1.98. The standard InChI is InChI=1S/C13H13BO4/c15-14(16)18-13-8-6-12(7-9-13)17-10-11-4-2-1-3-5-11/h1-9,15-16H,10H2. The van der Waals surface area contributed by atoms with Gasteiger partial charge in [-0.25, -0.2) is 0 Å². The molecule has 92 valence electrons. The third-order valence-corrected chi connectivity index (χ3v) is 2.31. The molecule has 5 heteroatoms. The molecule has 0 fully saturated rings. The summed E-state index contributed by atoms with van der Waals surface area (Å²) in [5.41, 5.74) is 1.09. The Morgan fingerprint density at radius 2 is 1.44 bits per heavy atom. The van der Waals surface area contributed by atoms with Crippen molar-refractivity contribution in [2.75, 3.05) is 0 Å². The zero-order valence-corrected chi connectivity index (χ0v) is 9.69. The minimum atomic E-state index is -1.80. The predicted octanol–water partition coefficient (Wildman–Crippen LogP) is 1.61. The average Bonchev–Trinajstić information content (AvgIpc) is 2.38. The summed E-state index contributed by atoms with van der Waals surface area (Å²) in [6, 6.07) is 16.5. The first-order valence-electron chi connectivity index (χ1n) is 5.53. The van der Waals surface area contributed by atoms with Crippen molar-refractivity contribution in [3.05, 3.63) is 60.2 Å². The zero-order valence-electron chi connectivity index (χ0n) is 9.69. The highest BCUT2D eigenvalue weighted by molar-refractivity contribution is 6.33. The molecule has 2 N–H and O–H groups in total. The van der Waals surface area contributed by atoms with E-state index in [9.17, 15) is 0 Å². The lowest BCUT2D eigenvalue weighted by molar-refractivity contribution is 0.286. The van der Waals surface area contributed by atoms with E-state index in [2.05, 4.69) is 4.65 Å². The van der Waals surface area contributed by atoms with Gasteiger partial charge in [0.2, 0.25) is 0 Å². The van der Waals surface area contributed by atoms with Gasteiger partial charge in [-0.05, 0) is 29.8 Å². The summed E-state index contributed by atoms with van der Waals surface area (Å²) in [7, 11) is -1.80. The minimum Gasteiger partial charge on any atom is -0.512 e. The molecule has 0 aromatic heterocycles. The Morgan fingerprint density at radius 3 is 2.06 bits per heavy atom. The van der Waals surface area contributed by atoms with Crippen LogP contribution in [0.4, 0.5) is 0 Å². The number of hydrogen-bond acceptors (Lipinski definition) is 4. The van der Waals surface area contributed by atoms with Gasteiger partial charge >= 0.3 is 7.32 Å². The molecule has 4 nitrogen and oxygen atoms in total. The summed E-state index contributed by atoms with van der Waals surface area (Å²) >= 11 is 0. The first kappa shape index (κ1) is 12.5. The molecule has 0 aliphatic carbocycles. The van der Waals surface area contributed by atoms with Crippen LogP contribution in [-0.4, -0.2) is 17.4 Å². The normalized spacial score (nSPS) is 9.89. The predicted molar refractivity (Wildman–Crippen MR) is 68.0 cm³/mol. The molecule has 0 bridgehead atoms. The number of ether oxygens (including phenoxy) is 1. The maximum Gasteiger partial charge on any atom is 0.707 e. The second-order valence-electron chi connectivity index (χ2n) is 3.69. The van der Waals surface area contributed by atoms with E-state index in [1.165, 1.54) is 0 Å². The summed E-state index contributed by atoms with van der Waals surface area (Å²) in [4.78, 5) is 0. The Morgan fingerprint density at radius 1 is 0.833 bits per heavy atom. The molecule has 0 spiro atoms. The maximum absolute atomic E-state index is 8.63. The number of hydrogen-bond donors (Lipinski definition) is 2. The summed E-state index contributed by atoms with van der Waals surface area (Å²) in [5, 5.41) is 17.3. The van der Waals surface area contributed by atoms with Gasteiger partial charge in [0.1, 0.15) is 18.1 Å². The molecule has 0 atom stereocenters. The van der Waals surface area contributed by atoms with Gasteiger partial charge in [-0.15, -0.1) is 0 Å². The minimum absolute atomic E-state index is 0.372. The largest absolute Gasteiger partial charge is 0.707 e. The Labute approximate surface area is 106 Å². The van der Waals surface area contributed by atoms with Gasteiger partial charge in [0, 0.05) is 0 Å². The van der Waals surface area contributed by atoms with Crippen molar-refractivity contribution in [2.45, 2.75) is 6.61 Å². The average molecular weight is 244 g/mol. The monoisotopic (exact) mass is 244 g/mol. The van der Waals surface area contributed by atoms with Gasteiger partial charge in [-0.3, -0.25) is 0 Å². The Balaban J connectivity index is 1.90. The molecule has 0 unspecified atom stereocenters. The topological polar surface area (TPSA) is 58.9 Å². The quantitative estimate of drug-likeness (QED) is 0.784. The van der Waals surface area contributed by atoms with Crippen LogP contribution >= 0.6 is 0 Å². The Kier molecular flexibility index (Phi) is 4.22. The summed E-state index contributed by atoms with van der Waals surface area (Å²) in [6.45, 7) is 0.490. The molecule has 0 heterocycles. The van der Waals surface area contributed by atoms with Crippen molar-refractivity contribution < 1.29 is 19.4 Å². The van der Waals surface area contributed by atoms with Crippen LogP contribution in [0.2, 0.25) is 0 Å². The summed E-state index contributed by atoms with van der Waals surface area (Å²) in [5.74, 6) is 1.07. The third kappa shape index (κ3) is 3.80. The molecule has 2 rings (SSSR count). The third-order valence-electron chi connectivity index (χ3n) is 2.31. The fourth-order valence-electron chi connectivity index (χ4n) is 1.48. The van der Waals surface area contributed by atoms with Crippen LogP contribution in [0.25, 0.3) is 0 Å². The van der Waals surface area contributed by atoms with Crippen LogP contribution in [0.5, 0.6) is 11.5 Å². The number of rotatable bonds is 5. The van der Waals surface area contributed by atoms with E-state index >= 15 is 0 Å². The fourth-order valence-corrected chi connectivity index (χ4v) is 1.48. The highest BCUT2D eigenvalue weighted by Crippen LogP contribution is 2.18. The van der Waals surface area contributed by atoms with E-state index in [0.717, 1.165) is 5.56 Å². The van der Waals surface area contributed by atoms with Crippen molar-refractivity contribution in [1.29, 1.82) is 0 Å². The van der Waals surface area contributed by atoms with Gasteiger partial charge in [-0.1, -0.05) is 30.3 Å². The highest BCUT2D eigenvalue weighted by Gasteiger charge is 2.10. The van der Waals surface area contributed by atoms with Crippen LogP contribution in [0.3, 0.4) is 0 Å². The van der Waals surface area contributed by atoms with Crippen molar-refractivity contribution in [3.8, 4) is 11.5 Å². The van der Waals surface area contributed by atoms with Crippen LogP contribution < -0.4 is 9.39 Å². The van der Waals surface area contributed by atoms with Crippen LogP contribution in [0.15, 0.2) is 54.6 Å². The molecule has 2 aromatic carbocycles. The lowest BCUT2D eigenvalue weighted by Crippen LogP contribution is -2.20. The Bertz CT molecular complexity index is 470. The molecule has 18 heavy (non-hydrogen) atoms. The van der Waals surface area contributed by atoms with E-state index in [0.29, 0.717) is 18.1 Å². The smallest absolute Gasteiger partial charge is 0.512 e. The maximum atomic E-state index is 8.63. The molecule has 0 amide bonds. The summed E-state index contributed by atoms with van der Waals surface area (Å²) < 4.78 is 10.3. The van der Waals surface area contributed by atoms with E-state index in [1.807, 2.05) is 30.3 Å². The van der Waals surface area contributed by atoms with E-state index < -0.39 is 7.32 Å². The molecule has 0 aliphatic rings. The molecule has 2 aromatic rings. The zero-order chi connectivity index (χ0) is 12.8. The first-order chi connectivity index (χ1) is 8.74. The van der Waals surface area contributed by atoms with Crippen molar-refractivity contribution >= 4 is 7.32 Å². The SMILES string of the molecule is OB(O)Oc1ccc(OCc2ccccc2)cc1. The summed E-state index contributed by atoms with van der Waals surface area (Å²) in [6.07, 6.45) is 0. The molecule has 0 radical (unpaired) electrons. The van der Waals surface area contributed by atoms with E-state index in [4.69, 9.17) is 14.8 Å². The van der Waals surface area contributed by atoms with Crippen LogP contribution in [0.1, 0.15) is 5.56 Å². The van der Waals surface area contributed by atoms with Gasteiger partial charge in [0.15, 0.2) is 0 Å². The lowest BCUT2D eigenvalue weighted by atomic mass is 10.2. The van der Waals surface area contributed by atoms with Gasteiger partial charge in [0.25, 0.3) is 0 Å². The van der Waals surface area contributed by atoms with Gasteiger partial charge < -0.3 is 19.4 Å². The van der Waals surface area contributed by atoms with Gasteiger partial charge in [-0.2, -0.15) is 0 Å². The van der Waals surface area contributed by atoms with Crippen LogP contribution in [0, 0.1) is 0 Å². The fraction of sp³-hybridized carbons (Fsp3) is 0.0769. The molecular weight excluding hydrogens is 231 g/mol. The van der Waals surface area contributed by atoms with Crippen molar-refractivity contribution in [1.82, 2.24) is 0 Å². The lowest BCUT2D eigenvalue weighted by Gasteiger charge is -2.08. The molecular formula is C13H13BO4. The van der Waals surface area contributed by atoms with E-state index in [-0.39, 0.29) is 0 Å². The van der Waals surface area contributed by atoms with Crippen molar-refractivity contribution in [3.63, 3.8) is 0 Å². The second kappa shape index (κ2) is 6.09. The molecule has 0 saturated carbocycles.